The van der Waals surface area contributed by atoms with Gasteiger partial charge in [-0.15, -0.1) is 0 Å². The van der Waals surface area contributed by atoms with Crippen molar-refractivity contribution in [3.63, 3.8) is 0 Å². The number of rotatable bonds is 2. The SMILES string of the molecule is Cc1c(-c2nc(N)cc(C(C)C)n2)cnn1C. The molecule has 2 rings (SSSR count). The molecule has 5 heteroatoms. The van der Waals surface area contributed by atoms with Gasteiger partial charge in [0.2, 0.25) is 0 Å². The Kier molecular flexibility index (Phi) is 2.83. The topological polar surface area (TPSA) is 69.6 Å². The van der Waals surface area contributed by atoms with Crippen LogP contribution in [0.2, 0.25) is 0 Å². The van der Waals surface area contributed by atoms with Crippen LogP contribution in [0.3, 0.4) is 0 Å². The fraction of sp³-hybridized carbons (Fsp3) is 0.417. The molecule has 2 N–H and O–H groups in total. The van der Waals surface area contributed by atoms with Crippen LogP contribution in [0.5, 0.6) is 0 Å². The number of hydrogen-bond acceptors (Lipinski definition) is 4. The predicted molar refractivity (Wildman–Crippen MR) is 67.5 cm³/mol. The molecule has 2 aromatic heterocycles. The van der Waals surface area contributed by atoms with Crippen molar-refractivity contribution in [3.05, 3.63) is 23.7 Å². The Hall–Kier alpha value is -1.91. The van der Waals surface area contributed by atoms with Gasteiger partial charge in [0, 0.05) is 24.5 Å². The lowest BCUT2D eigenvalue weighted by Gasteiger charge is -2.07. The van der Waals surface area contributed by atoms with Crippen molar-refractivity contribution in [2.24, 2.45) is 7.05 Å². The molecule has 90 valence electrons. The summed E-state index contributed by atoms with van der Waals surface area (Å²) in [5, 5.41) is 4.19. The van der Waals surface area contributed by atoms with Gasteiger partial charge in [-0.25, -0.2) is 9.97 Å². The van der Waals surface area contributed by atoms with Crippen molar-refractivity contribution >= 4 is 5.82 Å². The van der Waals surface area contributed by atoms with E-state index in [1.807, 2.05) is 20.0 Å². The van der Waals surface area contributed by atoms with Crippen molar-refractivity contribution in [3.8, 4) is 11.4 Å². The number of anilines is 1. The Labute approximate surface area is 101 Å². The average Bonchev–Trinajstić information content (AvgIpc) is 2.59. The molecule has 0 aliphatic rings. The molecule has 5 nitrogen and oxygen atoms in total. The molecule has 0 saturated carbocycles. The van der Waals surface area contributed by atoms with Gasteiger partial charge in [0.25, 0.3) is 0 Å². The summed E-state index contributed by atoms with van der Waals surface area (Å²) in [6.07, 6.45) is 1.77. The summed E-state index contributed by atoms with van der Waals surface area (Å²) >= 11 is 0. The highest BCUT2D eigenvalue weighted by molar-refractivity contribution is 5.59. The first-order chi connectivity index (χ1) is 7.99. The smallest absolute Gasteiger partial charge is 0.165 e. The molecule has 0 fully saturated rings. The Morgan fingerprint density at radius 3 is 2.53 bits per heavy atom. The summed E-state index contributed by atoms with van der Waals surface area (Å²) in [6.45, 7) is 6.16. The van der Waals surface area contributed by atoms with Crippen LogP contribution in [-0.4, -0.2) is 19.7 Å². The number of nitrogens with zero attached hydrogens (tertiary/aromatic N) is 4. The molecule has 0 radical (unpaired) electrons. The minimum Gasteiger partial charge on any atom is -0.384 e. The summed E-state index contributed by atoms with van der Waals surface area (Å²) in [6, 6.07) is 1.82. The number of aryl methyl sites for hydroxylation is 1. The van der Waals surface area contributed by atoms with Gasteiger partial charge in [-0.3, -0.25) is 4.68 Å². The molecule has 0 aliphatic heterocycles. The maximum absolute atomic E-state index is 5.81. The van der Waals surface area contributed by atoms with Crippen LogP contribution in [0.25, 0.3) is 11.4 Å². The van der Waals surface area contributed by atoms with Crippen molar-refractivity contribution in [1.29, 1.82) is 0 Å². The van der Waals surface area contributed by atoms with Crippen LogP contribution in [0.4, 0.5) is 5.82 Å². The summed E-state index contributed by atoms with van der Waals surface area (Å²) in [5.74, 6) is 1.48. The van der Waals surface area contributed by atoms with Crippen LogP contribution < -0.4 is 5.73 Å². The summed E-state index contributed by atoms with van der Waals surface area (Å²) in [4.78, 5) is 8.81. The molecule has 2 aromatic rings. The molecule has 0 aromatic carbocycles. The van der Waals surface area contributed by atoms with Crippen LogP contribution in [-0.2, 0) is 7.05 Å². The predicted octanol–water partition coefficient (Wildman–Crippen LogP) is 1.89. The van der Waals surface area contributed by atoms with E-state index in [0.717, 1.165) is 17.0 Å². The Morgan fingerprint density at radius 2 is 2.00 bits per heavy atom. The van der Waals surface area contributed by atoms with E-state index < -0.39 is 0 Å². The van der Waals surface area contributed by atoms with Gasteiger partial charge in [-0.1, -0.05) is 13.8 Å². The van der Waals surface area contributed by atoms with Gasteiger partial charge < -0.3 is 5.73 Å². The van der Waals surface area contributed by atoms with Gasteiger partial charge in [0.15, 0.2) is 5.82 Å². The first-order valence-corrected chi connectivity index (χ1v) is 5.62. The van der Waals surface area contributed by atoms with Crippen molar-refractivity contribution in [2.75, 3.05) is 5.73 Å². The molecular weight excluding hydrogens is 214 g/mol. The Morgan fingerprint density at radius 1 is 1.29 bits per heavy atom. The highest BCUT2D eigenvalue weighted by atomic mass is 15.3. The monoisotopic (exact) mass is 231 g/mol. The third-order valence-electron chi connectivity index (χ3n) is 2.83. The zero-order valence-electron chi connectivity index (χ0n) is 10.6. The third kappa shape index (κ3) is 2.13. The van der Waals surface area contributed by atoms with E-state index in [2.05, 4.69) is 28.9 Å². The third-order valence-corrected chi connectivity index (χ3v) is 2.83. The van der Waals surface area contributed by atoms with E-state index in [0.29, 0.717) is 17.6 Å². The number of hydrogen-bond donors (Lipinski definition) is 1. The van der Waals surface area contributed by atoms with E-state index in [9.17, 15) is 0 Å². The maximum Gasteiger partial charge on any atom is 0.165 e. The fourth-order valence-electron chi connectivity index (χ4n) is 1.62. The first-order valence-electron chi connectivity index (χ1n) is 5.62. The fourth-order valence-corrected chi connectivity index (χ4v) is 1.62. The van der Waals surface area contributed by atoms with E-state index in [-0.39, 0.29) is 0 Å². The van der Waals surface area contributed by atoms with Crippen LogP contribution >= 0.6 is 0 Å². The lowest BCUT2D eigenvalue weighted by Crippen LogP contribution is -2.02. The van der Waals surface area contributed by atoms with Crippen LogP contribution in [0.15, 0.2) is 12.3 Å². The molecule has 0 unspecified atom stereocenters. The lowest BCUT2D eigenvalue weighted by atomic mass is 10.1. The number of nitrogen functional groups attached to an aromatic ring is 1. The molecule has 2 heterocycles. The van der Waals surface area contributed by atoms with Gasteiger partial charge in [0.1, 0.15) is 5.82 Å². The summed E-state index contributed by atoms with van der Waals surface area (Å²) in [5.41, 5.74) is 8.73. The summed E-state index contributed by atoms with van der Waals surface area (Å²) in [7, 11) is 1.90. The largest absolute Gasteiger partial charge is 0.384 e. The van der Waals surface area contributed by atoms with Gasteiger partial charge >= 0.3 is 0 Å². The molecule has 0 saturated heterocycles. The number of aromatic nitrogens is 4. The van der Waals surface area contributed by atoms with E-state index in [1.54, 1.807) is 10.9 Å². The van der Waals surface area contributed by atoms with Crippen LogP contribution in [0.1, 0.15) is 31.2 Å². The molecule has 17 heavy (non-hydrogen) atoms. The van der Waals surface area contributed by atoms with Crippen molar-refractivity contribution in [1.82, 2.24) is 19.7 Å². The van der Waals surface area contributed by atoms with Crippen LogP contribution in [0, 0.1) is 6.92 Å². The molecule has 0 spiro atoms. The zero-order valence-corrected chi connectivity index (χ0v) is 10.6. The minimum absolute atomic E-state index is 0.330. The molecule has 0 bridgehead atoms. The molecule has 0 amide bonds. The highest BCUT2D eigenvalue weighted by Crippen LogP contribution is 2.22. The molecular formula is C12H17N5. The number of nitrogens with two attached hydrogens (primary N) is 1. The standard InChI is InChI=1S/C12H17N5/c1-7(2)10-5-11(13)16-12(15-10)9-6-14-17(4)8(9)3/h5-7H,1-4H3,(H2,13,15,16). The quantitative estimate of drug-likeness (QED) is 0.856. The lowest BCUT2D eigenvalue weighted by molar-refractivity contribution is 0.740. The first kappa shape index (κ1) is 11.6. The molecule has 0 atom stereocenters. The normalized spacial score (nSPS) is 11.1. The van der Waals surface area contributed by atoms with Crippen molar-refractivity contribution < 1.29 is 0 Å². The van der Waals surface area contributed by atoms with E-state index in [1.165, 1.54) is 0 Å². The van der Waals surface area contributed by atoms with E-state index >= 15 is 0 Å². The average molecular weight is 231 g/mol. The second-order valence-corrected chi connectivity index (χ2v) is 4.46. The second-order valence-electron chi connectivity index (χ2n) is 4.46. The second kappa shape index (κ2) is 4.16. The highest BCUT2D eigenvalue weighted by Gasteiger charge is 2.12. The zero-order chi connectivity index (χ0) is 12.6. The van der Waals surface area contributed by atoms with E-state index in [4.69, 9.17) is 5.73 Å². The Balaban J connectivity index is 2.56. The minimum atomic E-state index is 0.330. The van der Waals surface area contributed by atoms with Gasteiger partial charge in [-0.05, 0) is 12.8 Å². The van der Waals surface area contributed by atoms with Gasteiger partial charge in [0.05, 0.1) is 11.8 Å². The Bertz CT molecular complexity index is 542. The molecule has 0 aliphatic carbocycles. The van der Waals surface area contributed by atoms with Gasteiger partial charge in [-0.2, -0.15) is 5.10 Å². The van der Waals surface area contributed by atoms with Crippen molar-refractivity contribution in [2.45, 2.75) is 26.7 Å². The maximum atomic E-state index is 5.81. The summed E-state index contributed by atoms with van der Waals surface area (Å²) < 4.78 is 1.80.